The second-order valence-corrected chi connectivity index (χ2v) is 16.7. The summed E-state index contributed by atoms with van der Waals surface area (Å²) < 4.78 is 61.4. The fourth-order valence-corrected chi connectivity index (χ4v) is 8.39. The number of benzene rings is 2. The van der Waals surface area contributed by atoms with Crippen molar-refractivity contribution in [2.75, 3.05) is 50.8 Å². The smallest absolute Gasteiger partial charge is 0.294 e. The molecule has 238 valence electrons. The summed E-state index contributed by atoms with van der Waals surface area (Å²) in [5.74, 6) is 2.29. The fraction of sp³-hybridized carbons (Fsp3) is 0.500. The van der Waals surface area contributed by atoms with Crippen molar-refractivity contribution in [3.05, 3.63) is 59.7 Å². The van der Waals surface area contributed by atoms with Crippen molar-refractivity contribution in [2.45, 2.75) is 58.0 Å². The molecule has 15 heteroatoms. The van der Waals surface area contributed by atoms with Crippen molar-refractivity contribution in [2.24, 2.45) is 0 Å². The highest BCUT2D eigenvalue weighted by molar-refractivity contribution is 8.03. The molecule has 0 aliphatic carbocycles. The highest BCUT2D eigenvalue weighted by Crippen LogP contribution is 2.29. The summed E-state index contributed by atoms with van der Waals surface area (Å²) in [5.41, 5.74) is 1.91. The summed E-state index contributed by atoms with van der Waals surface area (Å²) in [7, 11) is -8.04. The third kappa shape index (κ3) is 14.0. The minimum absolute atomic E-state index is 0.0666. The van der Waals surface area contributed by atoms with Gasteiger partial charge in [0.25, 0.3) is 20.2 Å². The number of aromatic nitrogens is 2. The predicted molar refractivity (Wildman–Crippen MR) is 175 cm³/mol. The van der Waals surface area contributed by atoms with E-state index < -0.39 is 20.2 Å². The van der Waals surface area contributed by atoms with Crippen LogP contribution < -0.4 is 0 Å². The third-order valence-electron chi connectivity index (χ3n) is 6.69. The normalized spacial score (nSPS) is 15.9. The fourth-order valence-electron chi connectivity index (χ4n) is 4.27. The van der Waals surface area contributed by atoms with E-state index in [1.165, 1.54) is 89.2 Å². The first kappa shape index (κ1) is 35.9. The van der Waals surface area contributed by atoms with Gasteiger partial charge in [-0.05, 0) is 90.0 Å². The lowest BCUT2D eigenvalue weighted by molar-refractivity contribution is 0.362. The maximum Gasteiger partial charge on any atom is 0.294 e. The van der Waals surface area contributed by atoms with Gasteiger partial charge in [-0.15, -0.1) is 10.2 Å². The number of hydrogen-bond donors (Lipinski definition) is 2. The van der Waals surface area contributed by atoms with E-state index in [0.717, 1.165) is 31.3 Å². The number of rotatable bonds is 10. The molecule has 2 fully saturated rings. The van der Waals surface area contributed by atoms with Crippen molar-refractivity contribution >= 4 is 55.1 Å². The Labute approximate surface area is 268 Å². The molecule has 3 aromatic rings. The van der Waals surface area contributed by atoms with Gasteiger partial charge >= 0.3 is 0 Å². The van der Waals surface area contributed by atoms with Gasteiger partial charge in [0.2, 0.25) is 0 Å². The van der Waals surface area contributed by atoms with E-state index in [1.54, 1.807) is 35.6 Å². The van der Waals surface area contributed by atoms with Crippen LogP contribution in [0, 0.1) is 13.8 Å². The van der Waals surface area contributed by atoms with E-state index in [9.17, 15) is 16.8 Å². The predicted octanol–water partition coefficient (Wildman–Crippen LogP) is 5.40. The zero-order chi connectivity index (χ0) is 31.3. The van der Waals surface area contributed by atoms with Gasteiger partial charge in [0.15, 0.2) is 8.68 Å². The van der Waals surface area contributed by atoms with Crippen LogP contribution in [0.2, 0.25) is 0 Å². The van der Waals surface area contributed by atoms with Gasteiger partial charge in [-0.25, -0.2) is 0 Å². The van der Waals surface area contributed by atoms with E-state index in [-0.39, 0.29) is 9.79 Å². The zero-order valence-electron chi connectivity index (χ0n) is 24.5. The molecule has 0 radical (unpaired) electrons. The Morgan fingerprint density at radius 2 is 0.977 bits per heavy atom. The molecule has 5 rings (SSSR count). The summed E-state index contributed by atoms with van der Waals surface area (Å²) in [6, 6.07) is 12.0. The van der Waals surface area contributed by atoms with E-state index >= 15 is 0 Å². The van der Waals surface area contributed by atoms with Gasteiger partial charge in [-0.1, -0.05) is 70.3 Å². The van der Waals surface area contributed by atoms with Crippen LogP contribution in [-0.4, -0.2) is 96.7 Å². The molecular weight excluding hydrogens is 649 g/mol. The van der Waals surface area contributed by atoms with Crippen LogP contribution in [0.25, 0.3) is 0 Å². The summed E-state index contributed by atoms with van der Waals surface area (Å²) in [6.07, 6.45) is 5.51. The number of aryl methyl sites for hydroxylation is 2. The van der Waals surface area contributed by atoms with Crippen LogP contribution in [0.4, 0.5) is 0 Å². The van der Waals surface area contributed by atoms with Crippen molar-refractivity contribution < 1.29 is 25.9 Å². The lowest BCUT2D eigenvalue weighted by Crippen LogP contribution is -2.21. The molecule has 0 bridgehead atoms. The topological polar surface area (TPSA) is 141 Å². The Kier molecular flexibility index (Phi) is 14.9. The van der Waals surface area contributed by atoms with E-state index in [2.05, 4.69) is 20.0 Å². The summed E-state index contributed by atoms with van der Waals surface area (Å²) >= 11 is 5.50. The van der Waals surface area contributed by atoms with Crippen LogP contribution >= 0.6 is 34.9 Å². The molecule has 2 N–H and O–H groups in total. The molecular formula is C28H40N4O6S5. The largest absolute Gasteiger partial charge is 0.303 e. The van der Waals surface area contributed by atoms with Crippen molar-refractivity contribution in [1.29, 1.82) is 0 Å². The van der Waals surface area contributed by atoms with Crippen LogP contribution in [-0.2, 0) is 20.2 Å². The Balaban J connectivity index is 0.000000195. The Morgan fingerprint density at radius 3 is 1.28 bits per heavy atom. The molecule has 1 aromatic heterocycles. The summed E-state index contributed by atoms with van der Waals surface area (Å²) in [6.45, 7) is 11.2. The van der Waals surface area contributed by atoms with Crippen molar-refractivity contribution in [3.63, 3.8) is 0 Å². The highest BCUT2D eigenvalue weighted by atomic mass is 32.2. The zero-order valence-corrected chi connectivity index (χ0v) is 28.5. The molecule has 0 atom stereocenters. The maximum atomic E-state index is 10.5. The quantitative estimate of drug-likeness (QED) is 0.208. The molecule has 0 saturated carbocycles. The average Bonchev–Trinajstić information content (AvgIpc) is 3.74. The SMILES string of the molecule is C1CCN(CCSc2nnc(SCCN3CCCC3)s2)C1.Cc1ccc(S(=O)(=O)O)cc1.Cc1ccc(S(=O)(=O)O)cc1. The van der Waals surface area contributed by atoms with E-state index in [1.807, 2.05) is 37.4 Å². The van der Waals surface area contributed by atoms with Crippen LogP contribution in [0.1, 0.15) is 36.8 Å². The Morgan fingerprint density at radius 1 is 0.651 bits per heavy atom. The third-order valence-corrected chi connectivity index (χ3v) is 11.6. The van der Waals surface area contributed by atoms with Crippen LogP contribution in [0.5, 0.6) is 0 Å². The van der Waals surface area contributed by atoms with Gasteiger partial charge in [0.1, 0.15) is 0 Å². The second kappa shape index (κ2) is 17.8. The molecule has 0 spiro atoms. The first-order valence-corrected chi connectivity index (χ1v) is 19.7. The molecule has 2 aromatic carbocycles. The van der Waals surface area contributed by atoms with Gasteiger partial charge in [-0.3, -0.25) is 9.11 Å². The van der Waals surface area contributed by atoms with Gasteiger partial charge < -0.3 is 9.80 Å². The molecule has 3 heterocycles. The monoisotopic (exact) mass is 688 g/mol. The van der Waals surface area contributed by atoms with Gasteiger partial charge in [0, 0.05) is 24.6 Å². The Bertz CT molecular complexity index is 1340. The minimum Gasteiger partial charge on any atom is -0.303 e. The first-order valence-electron chi connectivity index (χ1n) is 14.0. The lowest BCUT2D eigenvalue weighted by Gasteiger charge is -2.12. The number of thioether (sulfide) groups is 2. The first-order chi connectivity index (χ1) is 20.4. The second-order valence-electron chi connectivity index (χ2n) is 10.2. The number of nitrogens with zero attached hydrogens (tertiary/aromatic N) is 4. The summed E-state index contributed by atoms with van der Waals surface area (Å²) in [5, 5.41) is 8.62. The minimum atomic E-state index is -4.02. The van der Waals surface area contributed by atoms with E-state index in [4.69, 9.17) is 9.11 Å². The summed E-state index contributed by atoms with van der Waals surface area (Å²) in [4.78, 5) is 4.98. The molecule has 2 saturated heterocycles. The van der Waals surface area contributed by atoms with E-state index in [0.29, 0.717) is 0 Å². The molecule has 2 aliphatic heterocycles. The molecule has 0 unspecified atom stereocenters. The van der Waals surface area contributed by atoms with Crippen molar-refractivity contribution in [3.8, 4) is 0 Å². The molecule has 2 aliphatic rings. The standard InChI is InChI=1S/C14H24N4S3.2C7H8O3S/c1-2-6-17(5-1)9-11-19-13-15-16-14(21-13)20-12-10-18-7-3-4-8-18;2*1-6-2-4-7(5-3-6)11(8,9)10/h1-12H2;2*2-5H,1H3,(H,8,9,10). The molecule has 43 heavy (non-hydrogen) atoms. The highest BCUT2D eigenvalue weighted by Gasteiger charge is 2.14. The van der Waals surface area contributed by atoms with Gasteiger partial charge in [-0.2, -0.15) is 16.8 Å². The number of hydrogen-bond acceptors (Lipinski definition) is 11. The van der Waals surface area contributed by atoms with Gasteiger partial charge in [0.05, 0.1) is 9.79 Å². The average molecular weight is 689 g/mol. The number of likely N-dealkylation sites (tertiary alicyclic amines) is 2. The van der Waals surface area contributed by atoms with Crippen LogP contribution in [0.15, 0.2) is 67.0 Å². The van der Waals surface area contributed by atoms with Crippen molar-refractivity contribution in [1.82, 2.24) is 20.0 Å². The maximum absolute atomic E-state index is 10.5. The van der Waals surface area contributed by atoms with Crippen LogP contribution in [0.3, 0.4) is 0 Å². The molecule has 0 amide bonds. The lowest BCUT2D eigenvalue weighted by atomic mass is 10.2. The Hall–Kier alpha value is -1.56. The molecule has 10 nitrogen and oxygen atoms in total.